The number of amides is 1. The molecule has 2 aromatic carbocycles. The van der Waals surface area contributed by atoms with Gasteiger partial charge >= 0.3 is 0 Å². The van der Waals surface area contributed by atoms with Crippen LogP contribution in [0.3, 0.4) is 0 Å². The van der Waals surface area contributed by atoms with Crippen molar-refractivity contribution < 1.29 is 19.0 Å². The number of hydrogen-bond acceptors (Lipinski definition) is 8. The van der Waals surface area contributed by atoms with Gasteiger partial charge in [0.25, 0.3) is 11.5 Å². The number of thiocarbonyl (C=S) groups is 1. The van der Waals surface area contributed by atoms with Crippen molar-refractivity contribution in [1.29, 1.82) is 0 Å². The van der Waals surface area contributed by atoms with E-state index in [1.165, 1.54) is 21.4 Å². The van der Waals surface area contributed by atoms with E-state index in [1.54, 1.807) is 42.6 Å². The van der Waals surface area contributed by atoms with Crippen LogP contribution in [0.1, 0.15) is 11.1 Å². The molecule has 4 aromatic rings. The number of aromatic nitrogens is 2. The Morgan fingerprint density at radius 3 is 2.76 bits per heavy atom. The summed E-state index contributed by atoms with van der Waals surface area (Å²) in [7, 11) is 0. The summed E-state index contributed by atoms with van der Waals surface area (Å²) in [6.07, 6.45) is 3.04. The van der Waals surface area contributed by atoms with Gasteiger partial charge in [-0.3, -0.25) is 18.9 Å². The van der Waals surface area contributed by atoms with Crippen LogP contribution in [0.25, 0.3) is 11.7 Å². The molecule has 0 aliphatic carbocycles. The van der Waals surface area contributed by atoms with E-state index in [0.29, 0.717) is 26.5 Å². The van der Waals surface area contributed by atoms with Crippen molar-refractivity contribution in [1.82, 2.24) is 14.3 Å². The van der Waals surface area contributed by atoms with E-state index in [1.807, 2.05) is 12.1 Å². The molecule has 2 aliphatic rings. The summed E-state index contributed by atoms with van der Waals surface area (Å²) in [6.45, 7) is 0.390. The van der Waals surface area contributed by atoms with E-state index in [9.17, 15) is 9.59 Å². The van der Waals surface area contributed by atoms with Crippen molar-refractivity contribution in [2.24, 2.45) is 0 Å². The highest BCUT2D eigenvalue weighted by atomic mass is 35.5. The molecule has 0 atom stereocenters. The third-order valence-electron chi connectivity index (χ3n) is 5.76. The minimum atomic E-state index is -0.420. The van der Waals surface area contributed by atoms with E-state index in [-0.39, 0.29) is 46.4 Å². The Morgan fingerprint density at radius 2 is 1.92 bits per heavy atom. The van der Waals surface area contributed by atoms with Gasteiger partial charge in [0.05, 0.1) is 16.5 Å². The second-order valence-corrected chi connectivity index (χ2v) is 10.7. The third-order valence-corrected chi connectivity index (χ3v) is 7.67. The Kier molecular flexibility index (Phi) is 6.48. The fraction of sp³-hybridized carbons (Fsp3) is 0.0769. The molecule has 6 rings (SSSR count). The van der Waals surface area contributed by atoms with Crippen molar-refractivity contribution >= 4 is 69.1 Å². The van der Waals surface area contributed by atoms with Crippen molar-refractivity contribution in [3.8, 4) is 23.1 Å². The summed E-state index contributed by atoms with van der Waals surface area (Å²) in [5.74, 6) is 1.17. The molecule has 38 heavy (non-hydrogen) atoms. The van der Waals surface area contributed by atoms with Gasteiger partial charge in [-0.25, -0.2) is 0 Å². The quantitative estimate of drug-likeness (QED) is 0.211. The average Bonchev–Trinajstić information content (AvgIpc) is 3.47. The summed E-state index contributed by atoms with van der Waals surface area (Å²) >= 11 is 18.9. The first-order chi connectivity index (χ1) is 18.4. The molecule has 0 saturated carbocycles. The van der Waals surface area contributed by atoms with Crippen molar-refractivity contribution in [2.45, 2.75) is 6.54 Å². The largest absolute Gasteiger partial charge is 0.454 e. The molecule has 0 bridgehead atoms. The van der Waals surface area contributed by atoms with Gasteiger partial charge in [0.1, 0.15) is 21.3 Å². The number of hydrogen-bond donors (Lipinski definition) is 0. The summed E-state index contributed by atoms with van der Waals surface area (Å²) in [4.78, 5) is 33.1. The lowest BCUT2D eigenvalue weighted by molar-refractivity contribution is -0.122. The molecule has 1 saturated heterocycles. The first-order valence-corrected chi connectivity index (χ1v) is 13.1. The van der Waals surface area contributed by atoms with Crippen LogP contribution >= 0.6 is 47.2 Å². The SMILES string of the molecule is O=C1/C(=C\c2c(Oc3ccc(Cl)cc3Cl)nc3ccccn3c2=O)SC(=S)N1Cc1ccc2c(c1)OCO2. The third kappa shape index (κ3) is 4.60. The van der Waals surface area contributed by atoms with Gasteiger partial charge < -0.3 is 14.2 Å². The molecule has 0 radical (unpaired) electrons. The number of carbonyl (C=O) groups excluding carboxylic acids is 1. The molecule has 2 aliphatic heterocycles. The van der Waals surface area contributed by atoms with Crippen LogP contribution in [-0.2, 0) is 11.3 Å². The molecule has 8 nitrogen and oxygen atoms in total. The van der Waals surface area contributed by atoms with E-state index < -0.39 is 5.56 Å². The van der Waals surface area contributed by atoms with Gasteiger partial charge in [0.2, 0.25) is 12.7 Å². The zero-order valence-corrected chi connectivity index (χ0v) is 22.4. The van der Waals surface area contributed by atoms with Crippen LogP contribution < -0.4 is 19.8 Å². The predicted molar refractivity (Wildman–Crippen MR) is 149 cm³/mol. The van der Waals surface area contributed by atoms with Crippen LogP contribution in [-0.4, -0.2) is 31.3 Å². The number of carbonyl (C=O) groups is 1. The number of pyridine rings is 1. The first kappa shape index (κ1) is 24.7. The van der Waals surface area contributed by atoms with E-state index in [2.05, 4.69) is 4.98 Å². The molecule has 1 fully saturated rings. The maximum atomic E-state index is 13.5. The smallest absolute Gasteiger partial charge is 0.269 e. The van der Waals surface area contributed by atoms with Gasteiger partial charge in [0.15, 0.2) is 11.5 Å². The number of nitrogens with zero attached hydrogens (tertiary/aromatic N) is 3. The molecular formula is C26H15Cl2N3O5S2. The summed E-state index contributed by atoms with van der Waals surface area (Å²) in [5, 5.41) is 0.675. The Labute approximate surface area is 235 Å². The Hall–Kier alpha value is -3.57. The van der Waals surface area contributed by atoms with Crippen LogP contribution in [0, 0.1) is 0 Å². The fourth-order valence-electron chi connectivity index (χ4n) is 3.94. The molecule has 1 amide bonds. The number of ether oxygens (including phenoxy) is 3. The predicted octanol–water partition coefficient (Wildman–Crippen LogP) is 5.92. The second-order valence-electron chi connectivity index (χ2n) is 8.20. The summed E-state index contributed by atoms with van der Waals surface area (Å²) in [5.41, 5.74) is 0.839. The fourth-order valence-corrected chi connectivity index (χ4v) is 5.62. The topological polar surface area (TPSA) is 82.4 Å². The molecule has 0 spiro atoms. The standard InChI is InChI=1S/C26H15Cl2N3O5S2/c27-15-5-7-18(17(28)10-15)36-23-16(24(32)30-8-2-1-3-22(30)29-23)11-21-25(33)31(26(37)38-21)12-14-4-6-19-20(9-14)35-13-34-19/h1-11H,12-13H2/b21-11+. The lowest BCUT2D eigenvalue weighted by Gasteiger charge is -2.14. The average molecular weight is 584 g/mol. The normalized spacial score (nSPS) is 15.6. The molecular weight excluding hydrogens is 569 g/mol. The van der Waals surface area contributed by atoms with Crippen LogP contribution in [0.5, 0.6) is 23.1 Å². The minimum absolute atomic E-state index is 0.00791. The zero-order chi connectivity index (χ0) is 26.4. The first-order valence-electron chi connectivity index (χ1n) is 11.2. The molecule has 0 unspecified atom stereocenters. The van der Waals surface area contributed by atoms with Crippen molar-refractivity contribution in [3.05, 3.63) is 97.2 Å². The van der Waals surface area contributed by atoms with Gasteiger partial charge in [-0.05, 0) is 54.1 Å². The highest BCUT2D eigenvalue weighted by Crippen LogP contribution is 2.38. The highest BCUT2D eigenvalue weighted by Gasteiger charge is 2.33. The van der Waals surface area contributed by atoms with Gasteiger partial charge in [-0.15, -0.1) is 0 Å². The molecule has 12 heteroatoms. The van der Waals surface area contributed by atoms with Crippen LogP contribution in [0.15, 0.2) is 70.5 Å². The van der Waals surface area contributed by atoms with E-state index in [4.69, 9.17) is 49.6 Å². The Morgan fingerprint density at radius 1 is 1.08 bits per heavy atom. The number of thioether (sulfide) groups is 1. The molecule has 0 N–H and O–H groups in total. The van der Waals surface area contributed by atoms with Gasteiger partial charge in [-0.2, -0.15) is 4.98 Å². The van der Waals surface area contributed by atoms with Crippen molar-refractivity contribution in [2.75, 3.05) is 6.79 Å². The number of fused-ring (bicyclic) bond motifs is 2. The van der Waals surface area contributed by atoms with Crippen molar-refractivity contribution in [3.63, 3.8) is 0 Å². The van der Waals surface area contributed by atoms with Crippen LogP contribution in [0.2, 0.25) is 10.0 Å². The monoisotopic (exact) mass is 583 g/mol. The maximum absolute atomic E-state index is 13.5. The Bertz CT molecular complexity index is 1740. The summed E-state index contributed by atoms with van der Waals surface area (Å²) < 4.78 is 18.5. The zero-order valence-electron chi connectivity index (χ0n) is 19.2. The second kappa shape index (κ2) is 9.95. The molecule has 4 heterocycles. The van der Waals surface area contributed by atoms with E-state index >= 15 is 0 Å². The number of halogens is 2. The number of rotatable bonds is 5. The molecule has 190 valence electrons. The minimum Gasteiger partial charge on any atom is -0.454 e. The lowest BCUT2D eigenvalue weighted by atomic mass is 10.2. The van der Waals surface area contributed by atoms with E-state index in [0.717, 1.165) is 17.3 Å². The van der Waals surface area contributed by atoms with Gasteiger partial charge in [0, 0.05) is 11.2 Å². The number of benzene rings is 2. The maximum Gasteiger partial charge on any atom is 0.269 e. The highest BCUT2D eigenvalue weighted by molar-refractivity contribution is 8.26. The summed E-state index contributed by atoms with van der Waals surface area (Å²) in [6, 6.07) is 15.3. The van der Waals surface area contributed by atoms with Gasteiger partial charge in [-0.1, -0.05) is 59.3 Å². The Balaban J connectivity index is 1.37. The lowest BCUT2D eigenvalue weighted by Crippen LogP contribution is -2.27. The molecule has 2 aromatic heterocycles. The van der Waals surface area contributed by atoms with Crippen LogP contribution in [0.4, 0.5) is 0 Å².